The molecule has 17 nitrogen and oxygen atoms in total. The third kappa shape index (κ3) is 24.0. The predicted molar refractivity (Wildman–Crippen MR) is 423 cm³/mol. The number of carbonyl (C=O) groups is 4. The van der Waals surface area contributed by atoms with Gasteiger partial charge in [0.1, 0.15) is 29.3 Å². The van der Waals surface area contributed by atoms with Crippen molar-refractivity contribution in [2.75, 3.05) is 17.2 Å². The second-order valence-electron chi connectivity index (χ2n) is 29.0. The highest BCUT2D eigenvalue weighted by Crippen LogP contribution is 2.62. The van der Waals surface area contributed by atoms with Gasteiger partial charge < -0.3 is 39.2 Å². The van der Waals surface area contributed by atoms with E-state index in [2.05, 4.69) is 52.8 Å². The summed E-state index contributed by atoms with van der Waals surface area (Å²) in [6, 6.07) is 36.9. The van der Waals surface area contributed by atoms with E-state index in [0.29, 0.717) is 79.7 Å². The molecule has 13 rings (SSSR count). The highest BCUT2D eigenvalue weighted by molar-refractivity contribution is 9.10. The molecule has 123 heavy (non-hydrogen) atoms. The third-order valence-electron chi connectivity index (χ3n) is 17.5. The van der Waals surface area contributed by atoms with Crippen LogP contribution in [0.4, 0.5) is 100.0 Å². The highest BCUT2D eigenvalue weighted by Gasteiger charge is 2.44. The number of cyclic esters (lactones) is 1. The van der Waals surface area contributed by atoms with Crippen LogP contribution in [0.5, 0.6) is 11.5 Å². The Bertz CT molecular complexity index is 5820. The van der Waals surface area contributed by atoms with Crippen LogP contribution in [0.3, 0.4) is 0 Å². The number of halogens is 20. The van der Waals surface area contributed by atoms with Crippen molar-refractivity contribution in [2.24, 2.45) is 4.99 Å². The summed E-state index contributed by atoms with van der Waals surface area (Å²) in [5.41, 5.74) is -9.74. The Kier molecular flexibility index (Phi) is 27.3. The van der Waals surface area contributed by atoms with Crippen LogP contribution in [0.15, 0.2) is 219 Å². The number of phosphoric ester groups is 1. The van der Waals surface area contributed by atoms with Crippen molar-refractivity contribution in [3.8, 4) is 57.0 Å². The third-order valence-corrected chi connectivity index (χ3v) is 19.7. The SMILES string of the molecule is CC(C)(C)OC(=O)N=Cc1ccc(C#N)cc1Br.CC(C)(C)OC(=O)N[C@@H](C1=C(Nc2cccc(C(F)(F)F)c2)COC1=O)c1ccc(C#N)cc1Br.O=C1C=C(Nc2cccc(C(F)(F)F)c2)CC1.O=P1(O)Oc2c(-c3cc(C(F)(F)F)cc(C(F)(F)F)c3)cc3ccccc3c2-c2c(c(-c3cc(C(F)(F)F)cc(C(F)(F)F)c3)cc3ccccc23)O1. The highest BCUT2D eigenvalue weighted by atomic mass is 79.9. The van der Waals surface area contributed by atoms with Crippen LogP contribution >= 0.6 is 39.7 Å². The maximum atomic E-state index is 14.0. The van der Waals surface area contributed by atoms with Gasteiger partial charge in [0.05, 0.1) is 74.0 Å². The average Bonchev–Trinajstić information content (AvgIpc) is 1.65. The molecule has 0 radical (unpaired) electrons. The van der Waals surface area contributed by atoms with Gasteiger partial charge in [-0.1, -0.05) is 105 Å². The number of nitriles is 2. The van der Waals surface area contributed by atoms with Gasteiger partial charge in [0, 0.05) is 72.5 Å². The second-order valence-corrected chi connectivity index (χ2v) is 32.0. The molecule has 2 aliphatic heterocycles. The van der Waals surface area contributed by atoms with Crippen LogP contribution in [0.2, 0.25) is 0 Å². The Morgan fingerprint density at radius 2 is 0.951 bits per heavy atom. The molecule has 38 heteroatoms. The second kappa shape index (κ2) is 36.1. The number of esters is 1. The first-order chi connectivity index (χ1) is 57.1. The van der Waals surface area contributed by atoms with E-state index in [1.807, 2.05) is 12.1 Å². The number of hydrogen-bond acceptors (Lipinski definition) is 14. The number of aliphatic imine (C=N–C) groups is 1. The van der Waals surface area contributed by atoms with Gasteiger partial charge >= 0.3 is 63.0 Å². The lowest BCUT2D eigenvalue weighted by Crippen LogP contribution is -2.37. The molecule has 642 valence electrons. The van der Waals surface area contributed by atoms with E-state index in [1.165, 1.54) is 91.2 Å². The number of allylic oxidation sites excluding steroid dienone is 2. The van der Waals surface area contributed by atoms with E-state index in [0.717, 1.165) is 36.4 Å². The van der Waals surface area contributed by atoms with Gasteiger partial charge in [0.25, 0.3) is 0 Å². The maximum absolute atomic E-state index is 14.0. The molecule has 0 aromatic heterocycles. The number of phosphoric acid groups is 1. The number of anilines is 2. The van der Waals surface area contributed by atoms with Crippen LogP contribution in [0, 0.1) is 22.7 Å². The normalized spacial score (nSPS) is 14.4. The fourth-order valence-electron chi connectivity index (χ4n) is 12.3. The first kappa shape index (κ1) is 93.1. The molecule has 0 unspecified atom stereocenters. The summed E-state index contributed by atoms with van der Waals surface area (Å²) in [5, 5.41) is 26.7. The number of alkyl halides is 18. The van der Waals surface area contributed by atoms with Crippen molar-refractivity contribution >= 4 is 103 Å². The summed E-state index contributed by atoms with van der Waals surface area (Å²) >= 11 is 6.67. The van der Waals surface area contributed by atoms with Gasteiger partial charge in [-0.2, -0.15) is 94.5 Å². The van der Waals surface area contributed by atoms with E-state index < -0.39 is 147 Å². The number of ether oxygens (including phenoxy) is 3. The first-order valence-corrected chi connectivity index (χ1v) is 38.8. The molecule has 4 N–H and O–H groups in total. The Balaban J connectivity index is 0.000000193. The minimum Gasteiger partial charge on any atom is -0.456 e. The van der Waals surface area contributed by atoms with Crippen molar-refractivity contribution in [2.45, 2.75) is 109 Å². The fourth-order valence-corrected chi connectivity index (χ4v) is 14.3. The maximum Gasteiger partial charge on any atom is 0.584 e. The summed E-state index contributed by atoms with van der Waals surface area (Å²) in [6.45, 7) is 10.1. The summed E-state index contributed by atoms with van der Waals surface area (Å²) in [5.74, 6) is -2.26. The molecule has 10 aromatic rings. The summed E-state index contributed by atoms with van der Waals surface area (Å²) < 4.78 is 286. The van der Waals surface area contributed by atoms with Gasteiger partial charge in [-0.05, 0) is 195 Å². The minimum atomic E-state index is -5.61. The molecule has 0 spiro atoms. The van der Waals surface area contributed by atoms with Gasteiger partial charge in [-0.15, -0.1) is 0 Å². The molecule has 1 aliphatic carbocycles. The molecule has 10 aromatic carbocycles. The Morgan fingerprint density at radius 1 is 0.520 bits per heavy atom. The number of fused-ring (bicyclic) bond motifs is 7. The standard InChI is InChI=1S/C36H17F12O4P.C24H21BrF3N3O4.C13H13BrN2O2.C12H10F3NO/c37-33(38,39)21-9-19(10-22(15-21)34(40,41)42)27-13-17-5-1-3-7-25(17)29-30-26-8-4-2-6-18(26)14-28(32(30)52-53(49,50)51-31(27)29)20-11-23(35(43,44)45)16-24(12-20)36(46,47)48;1-23(2,3)35-22(33)31-20(16-8-7-13(11-29)9-17(16)25)19-18(12-34-21(19)32)30-15-6-4-5-14(10-15)24(26,27)28;1-13(2,3)18-12(17)16-8-10-5-4-9(7-15)6-11(10)14;13-12(14,15)8-2-1-3-9(6-8)16-10-4-5-11(17)7-10/h1-16H,(H,49,50);4-10,20,30H,12H2,1-3H3,(H,31,33);4-6,8H,1-3H3;1-3,6-7,16H,4-5H2/t;20-;;/m.1../s1. The van der Waals surface area contributed by atoms with Crippen LogP contribution in [0.1, 0.15) is 116 Å². The van der Waals surface area contributed by atoms with Gasteiger partial charge in [0.2, 0.25) is 0 Å². The number of ketones is 1. The number of nitrogens with one attached hydrogen (secondary N) is 3. The summed E-state index contributed by atoms with van der Waals surface area (Å²) in [6.07, 6.45) is -27.7. The van der Waals surface area contributed by atoms with Gasteiger partial charge in [-0.25, -0.2) is 18.9 Å². The Hall–Kier alpha value is -12.2. The molecule has 0 fully saturated rings. The number of hydrogen-bond donors (Lipinski definition) is 4. The lowest BCUT2D eigenvalue weighted by atomic mass is 9.85. The lowest BCUT2D eigenvalue weighted by molar-refractivity contribution is -0.144. The predicted octanol–water partition coefficient (Wildman–Crippen LogP) is 25.8. The van der Waals surface area contributed by atoms with Gasteiger partial charge in [-0.3, -0.25) is 9.69 Å². The quantitative estimate of drug-likeness (QED) is 0.0327. The molecular weight excluding hydrogens is 1810 g/mol. The number of rotatable bonds is 10. The molecule has 2 heterocycles. The molecule has 1 atom stereocenters. The molecule has 3 aliphatic rings. The fraction of sp³-hybridized carbons (Fsp3) is 0.212. The zero-order valence-corrected chi connectivity index (χ0v) is 68.1. The molecule has 0 saturated carbocycles. The van der Waals surface area contributed by atoms with Crippen LogP contribution in [0.25, 0.3) is 54.9 Å². The van der Waals surface area contributed by atoms with Crippen LogP contribution < -0.4 is 25.0 Å². The van der Waals surface area contributed by atoms with Crippen molar-refractivity contribution in [1.29, 1.82) is 10.5 Å². The summed E-state index contributed by atoms with van der Waals surface area (Å²) in [7, 11) is -5.61. The number of nitrogens with zero attached hydrogens (tertiary/aromatic N) is 3. The van der Waals surface area contributed by atoms with Gasteiger partial charge in [0.15, 0.2) is 5.78 Å². The topological polar surface area (TPSA) is 248 Å². The molecule has 2 amide bonds. The molecule has 0 bridgehead atoms. The Morgan fingerprint density at radius 3 is 1.36 bits per heavy atom. The first-order valence-electron chi connectivity index (χ1n) is 35.7. The number of benzene rings is 10. The van der Waals surface area contributed by atoms with Crippen molar-refractivity contribution in [3.05, 3.63) is 270 Å². The minimum absolute atomic E-state index is 0.000485. The molecular formula is C85H61Br2F18N6O11P. The number of amides is 2. The van der Waals surface area contributed by atoms with E-state index >= 15 is 0 Å². The van der Waals surface area contributed by atoms with E-state index in [4.69, 9.17) is 33.8 Å². The average molecular weight is 1880 g/mol. The zero-order chi connectivity index (χ0) is 90.7. The largest absolute Gasteiger partial charge is 0.584 e. The monoisotopic (exact) mass is 1870 g/mol. The Labute approximate surface area is 703 Å². The van der Waals surface area contributed by atoms with Crippen LogP contribution in [-0.2, 0) is 65.4 Å². The number of carbonyl (C=O) groups excluding carboxylic acids is 4. The number of alkyl carbamates (subject to hydrolysis) is 1. The smallest absolute Gasteiger partial charge is 0.456 e. The van der Waals surface area contributed by atoms with Crippen molar-refractivity contribution in [3.63, 3.8) is 0 Å². The van der Waals surface area contributed by atoms with E-state index in [-0.39, 0.29) is 74.2 Å². The summed E-state index contributed by atoms with van der Waals surface area (Å²) in [4.78, 5) is 62.5. The van der Waals surface area contributed by atoms with E-state index in [9.17, 15) is 108 Å². The van der Waals surface area contributed by atoms with Crippen molar-refractivity contribution in [1.82, 2.24) is 5.32 Å². The van der Waals surface area contributed by atoms with Crippen molar-refractivity contribution < 1.29 is 131 Å². The zero-order valence-electron chi connectivity index (χ0n) is 64.1. The lowest BCUT2D eigenvalue weighted by Gasteiger charge is -2.25. The molecule has 0 saturated heterocycles. The van der Waals surface area contributed by atoms with Crippen LogP contribution in [-0.4, -0.2) is 52.9 Å². The van der Waals surface area contributed by atoms with E-state index in [1.54, 1.807) is 71.9 Å².